The molecule has 106 valence electrons. The smallest absolute Gasteiger partial charge is 0.255 e. The van der Waals surface area contributed by atoms with Gasteiger partial charge in [-0.1, -0.05) is 0 Å². The number of rotatable bonds is 7. The van der Waals surface area contributed by atoms with Crippen LogP contribution in [-0.4, -0.2) is 44.5 Å². The van der Waals surface area contributed by atoms with Crippen molar-refractivity contribution in [1.82, 2.24) is 5.32 Å². The molecule has 0 aromatic heterocycles. The maximum Gasteiger partial charge on any atom is 0.255 e. The van der Waals surface area contributed by atoms with Gasteiger partial charge in [-0.15, -0.1) is 0 Å². The molecule has 6 nitrogen and oxygen atoms in total. The van der Waals surface area contributed by atoms with E-state index in [0.717, 1.165) is 0 Å². The number of hydrogen-bond donors (Lipinski definition) is 3. The third kappa shape index (κ3) is 4.42. The number of hydrogen-bond acceptors (Lipinski definition) is 5. The van der Waals surface area contributed by atoms with E-state index in [4.69, 9.17) is 20.3 Å². The molecule has 0 spiro atoms. The Morgan fingerprint density at radius 3 is 2.79 bits per heavy atom. The van der Waals surface area contributed by atoms with E-state index in [0.29, 0.717) is 30.0 Å². The number of anilines is 1. The first-order valence-electron chi connectivity index (χ1n) is 5.96. The van der Waals surface area contributed by atoms with Gasteiger partial charge in [0.15, 0.2) is 0 Å². The van der Waals surface area contributed by atoms with Crippen molar-refractivity contribution in [1.29, 1.82) is 0 Å². The van der Waals surface area contributed by atoms with Gasteiger partial charge >= 0.3 is 0 Å². The molecule has 6 heteroatoms. The lowest BCUT2D eigenvalue weighted by Gasteiger charge is -2.18. The number of ether oxygens (including phenoxy) is 2. The van der Waals surface area contributed by atoms with Crippen LogP contribution >= 0.6 is 0 Å². The second-order valence-electron chi connectivity index (χ2n) is 4.10. The van der Waals surface area contributed by atoms with Crippen LogP contribution in [0.4, 0.5) is 5.69 Å². The monoisotopic (exact) mass is 268 g/mol. The molecule has 0 aliphatic carbocycles. The van der Waals surface area contributed by atoms with Gasteiger partial charge in [-0.25, -0.2) is 0 Å². The molecule has 1 aromatic carbocycles. The van der Waals surface area contributed by atoms with Crippen LogP contribution in [0.1, 0.15) is 16.8 Å². The van der Waals surface area contributed by atoms with Crippen molar-refractivity contribution in [2.24, 2.45) is 0 Å². The molecule has 1 rings (SSSR count). The second kappa shape index (κ2) is 7.60. The number of nitrogens with two attached hydrogens (primary N) is 1. The number of carbonyl (C=O) groups is 1. The Bertz CT molecular complexity index is 417. The zero-order valence-corrected chi connectivity index (χ0v) is 11.2. The molecule has 19 heavy (non-hydrogen) atoms. The van der Waals surface area contributed by atoms with Gasteiger partial charge in [0.2, 0.25) is 0 Å². The lowest BCUT2D eigenvalue weighted by Crippen LogP contribution is -2.38. The average molecular weight is 268 g/mol. The third-order valence-electron chi connectivity index (χ3n) is 2.65. The van der Waals surface area contributed by atoms with E-state index in [1.165, 1.54) is 7.11 Å². The summed E-state index contributed by atoms with van der Waals surface area (Å²) in [5.74, 6) is 0.130. The first-order chi connectivity index (χ1) is 9.12. The molecule has 0 aliphatic heterocycles. The van der Waals surface area contributed by atoms with Gasteiger partial charge in [0.25, 0.3) is 5.91 Å². The molecule has 0 aliphatic rings. The fraction of sp³-hybridized carbons (Fsp3) is 0.462. The van der Waals surface area contributed by atoms with Crippen LogP contribution in [-0.2, 0) is 4.74 Å². The van der Waals surface area contributed by atoms with Gasteiger partial charge in [0, 0.05) is 25.5 Å². The number of methoxy groups -OCH3 is 2. The van der Waals surface area contributed by atoms with Crippen molar-refractivity contribution in [3.63, 3.8) is 0 Å². The Morgan fingerprint density at radius 1 is 1.47 bits per heavy atom. The van der Waals surface area contributed by atoms with Crippen LogP contribution in [0.25, 0.3) is 0 Å². The molecule has 4 N–H and O–H groups in total. The summed E-state index contributed by atoms with van der Waals surface area (Å²) in [5.41, 5.74) is 6.56. The molecule has 0 heterocycles. The molecule has 0 bridgehead atoms. The summed E-state index contributed by atoms with van der Waals surface area (Å²) in [6.07, 6.45) is 0.427. The van der Waals surface area contributed by atoms with Crippen LogP contribution in [0.3, 0.4) is 0 Å². The molecule has 0 saturated heterocycles. The normalized spacial score (nSPS) is 11.9. The lowest BCUT2D eigenvalue weighted by molar-refractivity contribution is 0.0876. The van der Waals surface area contributed by atoms with Crippen molar-refractivity contribution >= 4 is 11.6 Å². The van der Waals surface area contributed by atoms with E-state index in [2.05, 4.69) is 5.32 Å². The molecule has 1 aromatic rings. The van der Waals surface area contributed by atoms with Crippen LogP contribution in [0.5, 0.6) is 5.75 Å². The van der Waals surface area contributed by atoms with Crippen molar-refractivity contribution in [2.75, 3.05) is 33.2 Å². The molecule has 0 fully saturated rings. The van der Waals surface area contributed by atoms with Crippen molar-refractivity contribution < 1.29 is 19.4 Å². The Balaban J connectivity index is 2.81. The molecule has 1 amide bonds. The summed E-state index contributed by atoms with van der Waals surface area (Å²) in [6, 6.07) is 4.58. The maximum absolute atomic E-state index is 12.1. The summed E-state index contributed by atoms with van der Waals surface area (Å²) >= 11 is 0. The predicted octanol–water partition coefficient (Wildman–Crippen LogP) is 0.405. The number of benzene rings is 1. The first-order valence-corrected chi connectivity index (χ1v) is 5.96. The second-order valence-corrected chi connectivity index (χ2v) is 4.10. The Kier molecular flexibility index (Phi) is 6.11. The first kappa shape index (κ1) is 15.3. The van der Waals surface area contributed by atoms with E-state index in [1.807, 2.05) is 0 Å². The number of aliphatic hydroxyl groups is 1. The summed E-state index contributed by atoms with van der Waals surface area (Å²) < 4.78 is 10.1. The largest absolute Gasteiger partial charge is 0.496 e. The number of carbonyl (C=O) groups excluding carboxylic acids is 1. The molecule has 1 atom stereocenters. The Labute approximate surface area is 112 Å². The standard InChI is InChI=1S/C13H20N2O4/c1-18-8-10(5-6-16)15-13(17)11-4-3-9(14)7-12(11)19-2/h3-4,7,10,16H,5-6,8,14H2,1-2H3,(H,15,17). The number of nitrogens with one attached hydrogen (secondary N) is 1. The highest BCUT2D eigenvalue weighted by molar-refractivity contribution is 5.97. The highest BCUT2D eigenvalue weighted by Gasteiger charge is 2.16. The minimum Gasteiger partial charge on any atom is -0.496 e. The van der Waals surface area contributed by atoms with Crippen molar-refractivity contribution in [3.05, 3.63) is 23.8 Å². The SMILES string of the molecule is COCC(CCO)NC(=O)c1ccc(N)cc1OC. The third-order valence-corrected chi connectivity index (χ3v) is 2.65. The van der Waals surface area contributed by atoms with E-state index < -0.39 is 0 Å². The fourth-order valence-electron chi connectivity index (χ4n) is 1.71. The number of aliphatic hydroxyl groups excluding tert-OH is 1. The molecular weight excluding hydrogens is 248 g/mol. The maximum atomic E-state index is 12.1. The van der Waals surface area contributed by atoms with Gasteiger partial charge in [0.1, 0.15) is 5.75 Å². The highest BCUT2D eigenvalue weighted by atomic mass is 16.5. The van der Waals surface area contributed by atoms with Crippen molar-refractivity contribution in [3.8, 4) is 5.75 Å². The van der Waals surface area contributed by atoms with Crippen molar-refractivity contribution in [2.45, 2.75) is 12.5 Å². The highest BCUT2D eigenvalue weighted by Crippen LogP contribution is 2.21. The van der Waals surface area contributed by atoms with Gasteiger partial charge in [-0.2, -0.15) is 0 Å². The van der Waals surface area contributed by atoms with E-state index in [1.54, 1.807) is 25.3 Å². The quantitative estimate of drug-likeness (QED) is 0.622. The van der Waals surface area contributed by atoms with Gasteiger partial charge in [-0.3, -0.25) is 4.79 Å². The fourth-order valence-corrected chi connectivity index (χ4v) is 1.71. The van der Waals surface area contributed by atoms with Crippen LogP contribution in [0, 0.1) is 0 Å². The van der Waals surface area contributed by atoms with Crippen LogP contribution < -0.4 is 15.8 Å². The van der Waals surface area contributed by atoms with E-state index >= 15 is 0 Å². The number of nitrogen functional groups attached to an aromatic ring is 1. The molecule has 0 radical (unpaired) electrons. The van der Waals surface area contributed by atoms with E-state index in [9.17, 15) is 4.79 Å². The molecule has 1 unspecified atom stereocenters. The summed E-state index contributed by atoms with van der Waals surface area (Å²) in [6.45, 7) is 0.316. The van der Waals surface area contributed by atoms with Crippen LogP contribution in [0.15, 0.2) is 18.2 Å². The number of amides is 1. The Hall–Kier alpha value is -1.79. The predicted molar refractivity (Wildman–Crippen MR) is 72.2 cm³/mol. The summed E-state index contributed by atoms with van der Waals surface area (Å²) in [5, 5.41) is 11.7. The molecular formula is C13H20N2O4. The van der Waals surface area contributed by atoms with Gasteiger partial charge < -0.3 is 25.6 Å². The van der Waals surface area contributed by atoms with Gasteiger partial charge in [0.05, 0.1) is 25.3 Å². The summed E-state index contributed by atoms with van der Waals surface area (Å²) in [7, 11) is 3.02. The topological polar surface area (TPSA) is 93.8 Å². The van der Waals surface area contributed by atoms with Gasteiger partial charge in [-0.05, 0) is 18.6 Å². The van der Waals surface area contributed by atoms with Crippen LogP contribution in [0.2, 0.25) is 0 Å². The van der Waals surface area contributed by atoms with E-state index in [-0.39, 0.29) is 18.6 Å². The molecule has 0 saturated carbocycles. The minimum absolute atomic E-state index is 0.0207. The Morgan fingerprint density at radius 2 is 2.21 bits per heavy atom. The summed E-state index contributed by atoms with van der Waals surface area (Å²) in [4.78, 5) is 12.1. The zero-order valence-electron chi connectivity index (χ0n) is 11.2. The average Bonchev–Trinajstić information content (AvgIpc) is 2.38. The zero-order chi connectivity index (χ0) is 14.3. The minimum atomic E-state index is -0.285. The lowest BCUT2D eigenvalue weighted by atomic mass is 10.1.